The summed E-state index contributed by atoms with van der Waals surface area (Å²) in [4.78, 5) is 31.7. The summed E-state index contributed by atoms with van der Waals surface area (Å²) in [5.41, 5.74) is 4.49. The fourth-order valence-corrected chi connectivity index (χ4v) is 4.01. The number of benzene rings is 3. The number of rotatable bonds is 6. The van der Waals surface area contributed by atoms with Crippen molar-refractivity contribution in [1.29, 1.82) is 0 Å². The molecule has 0 fully saturated rings. The average molecular weight is 452 g/mol. The highest BCUT2D eigenvalue weighted by molar-refractivity contribution is 6.10. The lowest BCUT2D eigenvalue weighted by atomic mass is 9.95. The van der Waals surface area contributed by atoms with Gasteiger partial charge in [-0.25, -0.2) is 4.98 Å². The van der Waals surface area contributed by atoms with E-state index in [-0.39, 0.29) is 11.8 Å². The van der Waals surface area contributed by atoms with Gasteiger partial charge < -0.3 is 10.6 Å². The Morgan fingerprint density at radius 2 is 1.53 bits per heavy atom. The third kappa shape index (κ3) is 4.55. The molecule has 1 aromatic heterocycles. The molecule has 1 atom stereocenters. The first kappa shape index (κ1) is 23.2. The smallest absolute Gasteiger partial charge is 0.252 e. The zero-order valence-corrected chi connectivity index (χ0v) is 20.0. The van der Waals surface area contributed by atoms with Crippen molar-refractivity contribution in [2.75, 3.05) is 5.32 Å². The minimum absolute atomic E-state index is 0.248. The zero-order chi connectivity index (χ0) is 24.3. The monoisotopic (exact) mass is 451 g/mol. The Morgan fingerprint density at radius 1 is 0.882 bits per heavy atom. The van der Waals surface area contributed by atoms with E-state index in [2.05, 4.69) is 10.6 Å². The maximum atomic E-state index is 13.6. The number of pyridine rings is 1. The van der Waals surface area contributed by atoms with Gasteiger partial charge in [0.25, 0.3) is 5.91 Å². The normalized spacial score (nSPS) is 12.7. The molecule has 2 amide bonds. The van der Waals surface area contributed by atoms with Crippen molar-refractivity contribution in [3.63, 3.8) is 0 Å². The van der Waals surface area contributed by atoms with Gasteiger partial charge in [0.1, 0.15) is 5.54 Å². The van der Waals surface area contributed by atoms with E-state index in [9.17, 15) is 9.59 Å². The van der Waals surface area contributed by atoms with Crippen LogP contribution >= 0.6 is 0 Å². The number of carbonyl (C=O) groups excluding carboxylic acids is 2. The van der Waals surface area contributed by atoms with Crippen LogP contribution in [0.5, 0.6) is 0 Å². The minimum Gasteiger partial charge on any atom is -0.338 e. The molecule has 172 valence electrons. The van der Waals surface area contributed by atoms with Crippen molar-refractivity contribution in [1.82, 2.24) is 10.3 Å². The van der Waals surface area contributed by atoms with Gasteiger partial charge in [0, 0.05) is 16.6 Å². The number of aryl methyl sites for hydroxylation is 2. The summed E-state index contributed by atoms with van der Waals surface area (Å²) in [6.45, 7) is 7.57. The Hall–Kier alpha value is -3.99. The third-order valence-corrected chi connectivity index (χ3v) is 6.35. The molecule has 0 radical (unpaired) electrons. The lowest BCUT2D eigenvalue weighted by molar-refractivity contribution is -0.121. The van der Waals surface area contributed by atoms with Crippen LogP contribution < -0.4 is 10.6 Å². The first-order valence-electron chi connectivity index (χ1n) is 11.5. The van der Waals surface area contributed by atoms with Gasteiger partial charge in [0.2, 0.25) is 5.91 Å². The van der Waals surface area contributed by atoms with Gasteiger partial charge in [-0.15, -0.1) is 0 Å². The molecule has 0 spiro atoms. The molecule has 5 nitrogen and oxygen atoms in total. The standard InChI is InChI=1S/C29H29N3O2/c1-5-29(4,28(34)31-26-19(2)12-11-13-20(26)3)32-27(33)23-18-25(21-14-7-6-8-15-21)30-24-17-10-9-16-22(23)24/h6-18H,5H2,1-4H3,(H,31,34)(H,32,33). The maximum absolute atomic E-state index is 13.6. The number of amides is 2. The molecule has 0 aliphatic carbocycles. The lowest BCUT2D eigenvalue weighted by Gasteiger charge is -2.29. The Morgan fingerprint density at radius 3 is 2.21 bits per heavy atom. The molecule has 34 heavy (non-hydrogen) atoms. The van der Waals surface area contributed by atoms with Gasteiger partial charge in [0.05, 0.1) is 16.8 Å². The molecule has 3 aromatic carbocycles. The molecule has 0 aliphatic rings. The van der Waals surface area contributed by atoms with E-state index in [0.29, 0.717) is 17.7 Å². The van der Waals surface area contributed by atoms with Gasteiger partial charge in [-0.1, -0.05) is 73.7 Å². The van der Waals surface area contributed by atoms with E-state index in [1.165, 1.54) is 0 Å². The molecule has 1 unspecified atom stereocenters. The first-order valence-corrected chi connectivity index (χ1v) is 11.5. The van der Waals surface area contributed by atoms with Crippen LogP contribution in [0.4, 0.5) is 5.69 Å². The third-order valence-electron chi connectivity index (χ3n) is 6.35. The van der Waals surface area contributed by atoms with Crippen LogP contribution in [-0.4, -0.2) is 22.3 Å². The SMILES string of the molecule is CCC(C)(NC(=O)c1cc(-c2ccccc2)nc2ccccc12)C(=O)Nc1c(C)cccc1C. The van der Waals surface area contributed by atoms with E-state index in [1.54, 1.807) is 13.0 Å². The van der Waals surface area contributed by atoms with Gasteiger partial charge >= 0.3 is 0 Å². The molecule has 5 heteroatoms. The van der Waals surface area contributed by atoms with E-state index < -0.39 is 5.54 Å². The fraction of sp³-hybridized carbons (Fsp3) is 0.207. The Balaban J connectivity index is 1.69. The molecule has 0 bridgehead atoms. The van der Waals surface area contributed by atoms with Crippen LogP contribution in [0.15, 0.2) is 78.9 Å². The number of hydrogen-bond donors (Lipinski definition) is 2. The summed E-state index contributed by atoms with van der Waals surface area (Å²) in [6, 6.07) is 25.0. The summed E-state index contributed by atoms with van der Waals surface area (Å²) in [5, 5.41) is 6.79. The second-order valence-corrected chi connectivity index (χ2v) is 8.80. The average Bonchev–Trinajstić information content (AvgIpc) is 2.85. The van der Waals surface area contributed by atoms with Crippen LogP contribution in [0.3, 0.4) is 0 Å². The topological polar surface area (TPSA) is 71.1 Å². The number of nitrogens with zero attached hydrogens (tertiary/aromatic N) is 1. The quantitative estimate of drug-likeness (QED) is 0.375. The van der Waals surface area contributed by atoms with Crippen molar-refractivity contribution in [3.05, 3.63) is 95.6 Å². The summed E-state index contributed by atoms with van der Waals surface area (Å²) in [6.07, 6.45) is 0.435. The van der Waals surface area contributed by atoms with Crippen LogP contribution in [0.25, 0.3) is 22.2 Å². The molecule has 0 saturated carbocycles. The highest BCUT2D eigenvalue weighted by Crippen LogP contribution is 2.26. The molecule has 4 aromatic rings. The summed E-state index contributed by atoms with van der Waals surface area (Å²) >= 11 is 0. The van der Waals surface area contributed by atoms with Crippen molar-refractivity contribution in [3.8, 4) is 11.3 Å². The second kappa shape index (κ2) is 9.48. The number of nitrogens with one attached hydrogen (secondary N) is 2. The predicted molar refractivity (Wildman–Crippen MR) is 138 cm³/mol. The number of anilines is 1. The van der Waals surface area contributed by atoms with Gasteiger partial charge in [-0.2, -0.15) is 0 Å². The van der Waals surface area contributed by atoms with Crippen molar-refractivity contribution in [2.45, 2.75) is 39.7 Å². The molecule has 0 saturated heterocycles. The molecular weight excluding hydrogens is 422 g/mol. The number of fused-ring (bicyclic) bond motifs is 1. The molecule has 4 rings (SSSR count). The predicted octanol–water partition coefficient (Wildman–Crippen LogP) is 6.06. The number of carbonyl (C=O) groups is 2. The van der Waals surface area contributed by atoms with Crippen LogP contribution in [0.2, 0.25) is 0 Å². The molecule has 2 N–H and O–H groups in total. The maximum Gasteiger partial charge on any atom is 0.252 e. The zero-order valence-electron chi connectivity index (χ0n) is 20.0. The summed E-state index contributed by atoms with van der Waals surface area (Å²) in [5.74, 6) is -0.556. The van der Waals surface area contributed by atoms with E-state index in [4.69, 9.17) is 4.98 Å². The highest BCUT2D eigenvalue weighted by Gasteiger charge is 2.34. The molecular formula is C29H29N3O2. The Labute approximate surface area is 200 Å². The summed E-state index contributed by atoms with van der Waals surface area (Å²) in [7, 11) is 0. The largest absolute Gasteiger partial charge is 0.338 e. The Kier molecular flexibility index (Phi) is 6.46. The highest BCUT2D eigenvalue weighted by atomic mass is 16.2. The number of para-hydroxylation sites is 2. The van der Waals surface area contributed by atoms with Gasteiger partial charge in [-0.3, -0.25) is 9.59 Å². The molecule has 1 heterocycles. The van der Waals surface area contributed by atoms with Crippen molar-refractivity contribution in [2.24, 2.45) is 0 Å². The van der Waals surface area contributed by atoms with Gasteiger partial charge in [-0.05, 0) is 50.5 Å². The van der Waals surface area contributed by atoms with Crippen molar-refractivity contribution < 1.29 is 9.59 Å². The van der Waals surface area contributed by atoms with Gasteiger partial charge in [0.15, 0.2) is 0 Å². The lowest BCUT2D eigenvalue weighted by Crippen LogP contribution is -2.54. The second-order valence-electron chi connectivity index (χ2n) is 8.80. The fourth-order valence-electron chi connectivity index (χ4n) is 4.01. The van der Waals surface area contributed by atoms with E-state index in [0.717, 1.165) is 33.3 Å². The van der Waals surface area contributed by atoms with Crippen LogP contribution in [0.1, 0.15) is 41.8 Å². The molecule has 0 aliphatic heterocycles. The minimum atomic E-state index is -1.09. The van der Waals surface area contributed by atoms with Crippen LogP contribution in [-0.2, 0) is 4.79 Å². The van der Waals surface area contributed by atoms with E-state index in [1.807, 2.05) is 93.6 Å². The number of hydrogen-bond acceptors (Lipinski definition) is 3. The van der Waals surface area contributed by atoms with E-state index >= 15 is 0 Å². The Bertz CT molecular complexity index is 1340. The van der Waals surface area contributed by atoms with Crippen LogP contribution in [0, 0.1) is 13.8 Å². The summed E-state index contributed by atoms with van der Waals surface area (Å²) < 4.78 is 0. The number of aromatic nitrogens is 1. The first-order chi connectivity index (χ1) is 16.3. The van der Waals surface area contributed by atoms with Crippen molar-refractivity contribution >= 4 is 28.4 Å².